The van der Waals surface area contributed by atoms with E-state index in [1.165, 1.54) is 0 Å². The van der Waals surface area contributed by atoms with Gasteiger partial charge in [0, 0.05) is 17.9 Å². The van der Waals surface area contributed by atoms with Gasteiger partial charge in [0.15, 0.2) is 0 Å². The minimum absolute atomic E-state index is 0.0111. The van der Waals surface area contributed by atoms with Crippen molar-refractivity contribution in [3.63, 3.8) is 0 Å². The molecule has 0 saturated heterocycles. The summed E-state index contributed by atoms with van der Waals surface area (Å²) in [6.07, 6.45) is 4.53. The Morgan fingerprint density at radius 3 is 2.04 bits per heavy atom. The van der Waals surface area contributed by atoms with Gasteiger partial charge in [0.1, 0.15) is 12.1 Å². The first-order chi connectivity index (χ1) is 10.6. The van der Waals surface area contributed by atoms with Crippen molar-refractivity contribution in [3.05, 3.63) is 0 Å². The summed E-state index contributed by atoms with van der Waals surface area (Å²) in [4.78, 5) is 26.3. The van der Waals surface area contributed by atoms with Gasteiger partial charge in [-0.3, -0.25) is 4.79 Å². The lowest BCUT2D eigenvalue weighted by atomic mass is 9.78. The van der Waals surface area contributed by atoms with Gasteiger partial charge in [-0.15, -0.1) is 0 Å². The van der Waals surface area contributed by atoms with Crippen molar-refractivity contribution in [2.24, 2.45) is 5.41 Å². The molecule has 0 aliphatic rings. The Bertz CT molecular complexity index is 381. The molecule has 0 N–H and O–H groups in total. The summed E-state index contributed by atoms with van der Waals surface area (Å²) >= 11 is 0. The van der Waals surface area contributed by atoms with Crippen LogP contribution in [0.15, 0.2) is 0 Å². The maximum Gasteiger partial charge on any atom is 0.328 e. The molecule has 0 bridgehead atoms. The number of ether oxygens (including phenoxy) is 1. The van der Waals surface area contributed by atoms with Gasteiger partial charge in [-0.25, -0.2) is 4.79 Å². The van der Waals surface area contributed by atoms with Crippen molar-refractivity contribution in [1.82, 2.24) is 4.90 Å². The van der Waals surface area contributed by atoms with Crippen LogP contribution in [0.2, 0.25) is 0 Å². The zero-order valence-corrected chi connectivity index (χ0v) is 16.4. The number of nitrogens with zero attached hydrogens (tertiary/aromatic N) is 1. The second kappa shape index (κ2) is 9.94. The smallest absolute Gasteiger partial charge is 0.328 e. The summed E-state index contributed by atoms with van der Waals surface area (Å²) in [5, 5.41) is 0. The van der Waals surface area contributed by atoms with Crippen LogP contribution < -0.4 is 0 Å². The highest BCUT2D eigenvalue weighted by atomic mass is 16.5. The predicted molar refractivity (Wildman–Crippen MR) is 95.2 cm³/mol. The summed E-state index contributed by atoms with van der Waals surface area (Å²) in [6.45, 7) is 15.9. The topological polar surface area (TPSA) is 46.6 Å². The van der Waals surface area contributed by atoms with Crippen LogP contribution in [-0.2, 0) is 14.3 Å². The fourth-order valence-electron chi connectivity index (χ4n) is 2.91. The Morgan fingerprint density at radius 2 is 1.65 bits per heavy atom. The van der Waals surface area contributed by atoms with E-state index < -0.39 is 6.04 Å². The lowest BCUT2D eigenvalue weighted by Gasteiger charge is -2.37. The van der Waals surface area contributed by atoms with Gasteiger partial charge in [-0.2, -0.15) is 0 Å². The third-order valence-electron chi connectivity index (χ3n) is 5.09. The molecule has 0 aliphatic heterocycles. The Labute approximate surface area is 143 Å². The summed E-state index contributed by atoms with van der Waals surface area (Å²) in [6, 6.07) is -0.560. The van der Waals surface area contributed by atoms with Crippen molar-refractivity contribution in [1.29, 1.82) is 0 Å². The van der Waals surface area contributed by atoms with E-state index in [1.54, 1.807) is 11.8 Å². The molecule has 0 radical (unpaired) electrons. The lowest BCUT2D eigenvalue weighted by molar-refractivity contribution is -0.165. The molecule has 1 amide bonds. The molecule has 0 rings (SSSR count). The van der Waals surface area contributed by atoms with Crippen molar-refractivity contribution in [2.45, 2.75) is 106 Å². The molecule has 136 valence electrons. The number of unbranched alkanes of at least 4 members (excludes halogenated alkanes) is 1. The molecular formula is C19H37NO3. The average Bonchev–Trinajstić information content (AvgIpc) is 2.51. The SMILES string of the molecule is CCCCC(C)(CC)[C@H](C)OC(=O)C(C)N(C(=O)CC)C(C)C. The van der Waals surface area contributed by atoms with Gasteiger partial charge in [0.2, 0.25) is 5.91 Å². The summed E-state index contributed by atoms with van der Waals surface area (Å²) in [7, 11) is 0. The summed E-state index contributed by atoms with van der Waals surface area (Å²) in [5.41, 5.74) is -0.0111. The van der Waals surface area contributed by atoms with E-state index in [4.69, 9.17) is 4.74 Å². The third-order valence-corrected chi connectivity index (χ3v) is 5.09. The molecular weight excluding hydrogens is 290 g/mol. The highest BCUT2D eigenvalue weighted by Gasteiger charge is 2.35. The highest BCUT2D eigenvalue weighted by molar-refractivity contribution is 5.84. The summed E-state index contributed by atoms with van der Waals surface area (Å²) in [5.74, 6) is -0.314. The number of hydrogen-bond acceptors (Lipinski definition) is 3. The van der Waals surface area contributed by atoms with Crippen molar-refractivity contribution in [3.8, 4) is 0 Å². The maximum absolute atomic E-state index is 12.5. The molecule has 3 atom stereocenters. The van der Waals surface area contributed by atoms with Crippen LogP contribution in [0.25, 0.3) is 0 Å². The Hall–Kier alpha value is -1.06. The molecule has 0 spiro atoms. The maximum atomic E-state index is 12.5. The number of rotatable bonds is 10. The van der Waals surface area contributed by atoms with Crippen LogP contribution in [0.4, 0.5) is 0 Å². The molecule has 0 aromatic carbocycles. The molecule has 2 unspecified atom stereocenters. The molecule has 0 aliphatic carbocycles. The Kier molecular flexibility index (Phi) is 9.48. The van der Waals surface area contributed by atoms with E-state index in [-0.39, 0.29) is 29.4 Å². The Morgan fingerprint density at radius 1 is 1.09 bits per heavy atom. The van der Waals surface area contributed by atoms with Gasteiger partial charge in [0.25, 0.3) is 0 Å². The number of amides is 1. The van der Waals surface area contributed by atoms with Crippen molar-refractivity contribution in [2.75, 3.05) is 0 Å². The highest BCUT2D eigenvalue weighted by Crippen LogP contribution is 2.34. The zero-order valence-electron chi connectivity index (χ0n) is 16.4. The fraction of sp³-hybridized carbons (Fsp3) is 0.895. The van der Waals surface area contributed by atoms with Crippen LogP contribution in [0.1, 0.15) is 87.5 Å². The minimum Gasteiger partial charge on any atom is -0.461 e. The second-order valence-corrected chi connectivity index (χ2v) is 7.11. The van der Waals surface area contributed by atoms with Gasteiger partial charge in [0.05, 0.1) is 0 Å². The lowest BCUT2D eigenvalue weighted by Crippen LogP contribution is -2.49. The van der Waals surface area contributed by atoms with Crippen molar-refractivity contribution < 1.29 is 14.3 Å². The number of carbonyl (C=O) groups excluding carboxylic acids is 2. The van der Waals surface area contributed by atoms with Crippen LogP contribution in [0, 0.1) is 5.41 Å². The van der Waals surface area contributed by atoms with Crippen LogP contribution >= 0.6 is 0 Å². The van der Waals surface area contributed by atoms with E-state index >= 15 is 0 Å². The fourth-order valence-corrected chi connectivity index (χ4v) is 2.91. The van der Waals surface area contributed by atoms with Gasteiger partial charge in [-0.05, 0) is 40.5 Å². The quantitative estimate of drug-likeness (QED) is 0.553. The number of carbonyl (C=O) groups is 2. The van der Waals surface area contributed by atoms with E-state index in [1.807, 2.05) is 27.7 Å². The first-order valence-electron chi connectivity index (χ1n) is 9.16. The van der Waals surface area contributed by atoms with E-state index in [2.05, 4.69) is 20.8 Å². The normalized spacial score (nSPS) is 16.6. The number of esters is 1. The largest absolute Gasteiger partial charge is 0.461 e. The standard InChI is InChI=1S/C19H37NO3/c1-9-12-13-19(8,11-3)16(7)23-18(22)15(6)20(14(4)5)17(21)10-2/h14-16H,9-13H2,1-8H3/t15?,16-,19?/m0/s1. The predicted octanol–water partition coefficient (Wildman–Crippen LogP) is 4.56. The number of hydrogen-bond donors (Lipinski definition) is 0. The molecule has 4 nitrogen and oxygen atoms in total. The first-order valence-corrected chi connectivity index (χ1v) is 9.16. The monoisotopic (exact) mass is 327 g/mol. The van der Waals surface area contributed by atoms with E-state index in [0.29, 0.717) is 6.42 Å². The molecule has 0 saturated carbocycles. The molecule has 0 fully saturated rings. The van der Waals surface area contributed by atoms with Crippen LogP contribution in [-0.4, -0.2) is 35.0 Å². The molecule has 0 aromatic rings. The van der Waals surface area contributed by atoms with Gasteiger partial charge >= 0.3 is 5.97 Å². The zero-order chi connectivity index (χ0) is 18.2. The van der Waals surface area contributed by atoms with E-state index in [0.717, 1.165) is 25.7 Å². The van der Waals surface area contributed by atoms with Gasteiger partial charge < -0.3 is 9.64 Å². The average molecular weight is 328 g/mol. The molecule has 23 heavy (non-hydrogen) atoms. The molecule has 0 aromatic heterocycles. The Balaban J connectivity index is 4.98. The minimum atomic E-state index is -0.544. The summed E-state index contributed by atoms with van der Waals surface area (Å²) < 4.78 is 5.76. The first kappa shape index (κ1) is 21.9. The van der Waals surface area contributed by atoms with Crippen LogP contribution in [0.3, 0.4) is 0 Å². The molecule has 4 heteroatoms. The second-order valence-electron chi connectivity index (χ2n) is 7.11. The molecule has 0 heterocycles. The van der Waals surface area contributed by atoms with Crippen LogP contribution in [0.5, 0.6) is 0 Å². The van der Waals surface area contributed by atoms with Gasteiger partial charge in [-0.1, -0.05) is 40.5 Å². The van der Waals surface area contributed by atoms with E-state index in [9.17, 15) is 9.59 Å². The third kappa shape index (κ3) is 6.15. The van der Waals surface area contributed by atoms with Crippen molar-refractivity contribution >= 4 is 11.9 Å².